The zero-order valence-electron chi connectivity index (χ0n) is 9.24. The molecule has 0 saturated carbocycles. The van der Waals surface area contributed by atoms with Crippen LogP contribution in [0.15, 0.2) is 24.3 Å². The molecule has 0 fully saturated rings. The van der Waals surface area contributed by atoms with Crippen molar-refractivity contribution >= 4 is 11.8 Å². The van der Waals surface area contributed by atoms with Gasteiger partial charge in [0.2, 0.25) is 5.91 Å². The van der Waals surface area contributed by atoms with Crippen LogP contribution in [-0.4, -0.2) is 25.5 Å². The van der Waals surface area contributed by atoms with Crippen LogP contribution in [0.5, 0.6) is 0 Å². The molecule has 2 N–H and O–H groups in total. The number of carbonyl (C=O) groups excluding carboxylic acids is 2. The maximum atomic E-state index is 11.6. The number of benzene rings is 1. The van der Waals surface area contributed by atoms with Crippen molar-refractivity contribution in [1.82, 2.24) is 10.8 Å². The second-order valence-corrected chi connectivity index (χ2v) is 3.21. The number of hydrogen-bond acceptors (Lipinski definition) is 3. The summed E-state index contributed by atoms with van der Waals surface area (Å²) in [6, 6.07) is 7.12. The molecule has 86 valence electrons. The topological polar surface area (TPSA) is 67.4 Å². The first-order chi connectivity index (χ1) is 7.65. The van der Waals surface area contributed by atoms with Crippen molar-refractivity contribution in [2.45, 2.75) is 6.92 Å². The number of nitrogens with one attached hydrogen (secondary N) is 2. The molecular formula is C11H14N2O3. The van der Waals surface area contributed by atoms with Crippen molar-refractivity contribution in [2.24, 2.45) is 0 Å². The van der Waals surface area contributed by atoms with E-state index in [0.717, 1.165) is 5.56 Å². The van der Waals surface area contributed by atoms with Gasteiger partial charge in [-0.25, -0.2) is 5.48 Å². The van der Waals surface area contributed by atoms with Gasteiger partial charge in [0.05, 0.1) is 0 Å². The fourth-order valence-electron chi connectivity index (χ4n) is 1.12. The predicted octanol–water partition coefficient (Wildman–Crippen LogP) is 0.402. The van der Waals surface area contributed by atoms with E-state index in [-0.39, 0.29) is 18.4 Å². The zero-order chi connectivity index (χ0) is 12.0. The van der Waals surface area contributed by atoms with Gasteiger partial charge < -0.3 is 5.32 Å². The van der Waals surface area contributed by atoms with Gasteiger partial charge in [-0.15, -0.1) is 0 Å². The van der Waals surface area contributed by atoms with Crippen molar-refractivity contribution < 1.29 is 14.4 Å². The highest BCUT2D eigenvalue weighted by atomic mass is 16.7. The Morgan fingerprint density at radius 1 is 1.31 bits per heavy atom. The van der Waals surface area contributed by atoms with Crippen LogP contribution in [0.4, 0.5) is 0 Å². The Morgan fingerprint density at radius 2 is 2.00 bits per heavy atom. The molecule has 0 heterocycles. The van der Waals surface area contributed by atoms with E-state index in [1.54, 1.807) is 12.1 Å². The van der Waals surface area contributed by atoms with Crippen LogP contribution < -0.4 is 10.8 Å². The van der Waals surface area contributed by atoms with Crippen LogP contribution in [-0.2, 0) is 9.63 Å². The van der Waals surface area contributed by atoms with Gasteiger partial charge in [-0.1, -0.05) is 18.2 Å². The Bertz CT molecular complexity index is 391. The van der Waals surface area contributed by atoms with Crippen LogP contribution in [0.1, 0.15) is 15.9 Å². The number of likely N-dealkylation sites (N-methyl/N-ethyl adjacent to an activating group) is 1. The maximum absolute atomic E-state index is 11.6. The summed E-state index contributed by atoms with van der Waals surface area (Å²) in [6.07, 6.45) is 0. The first-order valence-corrected chi connectivity index (χ1v) is 4.83. The third-order valence-electron chi connectivity index (χ3n) is 2.04. The van der Waals surface area contributed by atoms with Gasteiger partial charge in [0, 0.05) is 12.6 Å². The average molecular weight is 222 g/mol. The quantitative estimate of drug-likeness (QED) is 0.725. The molecule has 0 aliphatic heterocycles. The first kappa shape index (κ1) is 12.2. The van der Waals surface area contributed by atoms with Gasteiger partial charge in [0.25, 0.3) is 5.91 Å². The number of hydroxylamine groups is 1. The highest BCUT2D eigenvalue weighted by Gasteiger charge is 2.08. The van der Waals surface area contributed by atoms with Gasteiger partial charge in [-0.05, 0) is 18.6 Å². The number of aryl methyl sites for hydroxylation is 1. The lowest BCUT2D eigenvalue weighted by Crippen LogP contribution is -2.31. The summed E-state index contributed by atoms with van der Waals surface area (Å²) in [5, 5.41) is 2.37. The molecule has 5 heteroatoms. The molecular weight excluding hydrogens is 208 g/mol. The summed E-state index contributed by atoms with van der Waals surface area (Å²) in [7, 11) is 1.49. The molecule has 0 atom stereocenters. The molecule has 0 spiro atoms. The molecule has 2 amide bonds. The normalized spacial score (nSPS) is 9.62. The molecule has 0 aromatic heterocycles. The summed E-state index contributed by atoms with van der Waals surface area (Å²) in [6.45, 7) is 1.63. The van der Waals surface area contributed by atoms with Crippen LogP contribution in [0.25, 0.3) is 0 Å². The number of rotatable bonds is 4. The third-order valence-corrected chi connectivity index (χ3v) is 2.04. The standard InChI is InChI=1S/C11H14N2O3/c1-8-5-3-4-6-9(8)11(15)13-16-7-10(14)12-2/h3-6H,7H2,1-2H3,(H,12,14)(H,13,15). The van der Waals surface area contributed by atoms with E-state index >= 15 is 0 Å². The van der Waals surface area contributed by atoms with Crippen LogP contribution in [0.2, 0.25) is 0 Å². The van der Waals surface area contributed by atoms with E-state index in [9.17, 15) is 9.59 Å². The molecule has 0 saturated heterocycles. The summed E-state index contributed by atoms with van der Waals surface area (Å²) in [4.78, 5) is 27.1. The van der Waals surface area contributed by atoms with Gasteiger partial charge in [0.15, 0.2) is 6.61 Å². The molecule has 1 rings (SSSR count). The molecule has 0 aliphatic rings. The largest absolute Gasteiger partial charge is 0.357 e. The minimum Gasteiger partial charge on any atom is -0.357 e. The monoisotopic (exact) mass is 222 g/mol. The average Bonchev–Trinajstić information content (AvgIpc) is 2.29. The lowest BCUT2D eigenvalue weighted by atomic mass is 10.1. The van der Waals surface area contributed by atoms with Gasteiger partial charge in [-0.3, -0.25) is 14.4 Å². The molecule has 1 aromatic carbocycles. The Kier molecular flexibility index (Phi) is 4.47. The first-order valence-electron chi connectivity index (χ1n) is 4.83. The Labute approximate surface area is 93.7 Å². The van der Waals surface area contributed by atoms with E-state index in [0.29, 0.717) is 5.56 Å². The molecule has 0 bridgehead atoms. The SMILES string of the molecule is CNC(=O)CONC(=O)c1ccccc1C. The predicted molar refractivity (Wildman–Crippen MR) is 58.7 cm³/mol. The Morgan fingerprint density at radius 3 is 2.62 bits per heavy atom. The van der Waals surface area contributed by atoms with E-state index in [1.807, 2.05) is 19.1 Å². The third kappa shape index (κ3) is 3.36. The van der Waals surface area contributed by atoms with Crippen molar-refractivity contribution in [1.29, 1.82) is 0 Å². The minimum atomic E-state index is -0.359. The zero-order valence-corrected chi connectivity index (χ0v) is 9.24. The molecule has 0 unspecified atom stereocenters. The van der Waals surface area contributed by atoms with Crippen molar-refractivity contribution in [2.75, 3.05) is 13.7 Å². The van der Waals surface area contributed by atoms with Crippen LogP contribution in [0, 0.1) is 6.92 Å². The van der Waals surface area contributed by atoms with Crippen LogP contribution >= 0.6 is 0 Å². The highest BCUT2D eigenvalue weighted by Crippen LogP contribution is 2.06. The van der Waals surface area contributed by atoms with E-state index < -0.39 is 0 Å². The smallest absolute Gasteiger partial charge is 0.275 e. The Balaban J connectivity index is 2.47. The van der Waals surface area contributed by atoms with Gasteiger partial charge >= 0.3 is 0 Å². The number of amides is 2. The summed E-state index contributed by atoms with van der Waals surface area (Å²) >= 11 is 0. The number of carbonyl (C=O) groups is 2. The van der Waals surface area contributed by atoms with Gasteiger partial charge in [0.1, 0.15) is 0 Å². The second kappa shape index (κ2) is 5.87. The highest BCUT2D eigenvalue weighted by molar-refractivity contribution is 5.94. The molecule has 5 nitrogen and oxygen atoms in total. The molecule has 0 radical (unpaired) electrons. The molecule has 1 aromatic rings. The molecule has 0 aliphatic carbocycles. The van der Waals surface area contributed by atoms with E-state index in [1.165, 1.54) is 7.05 Å². The summed E-state index contributed by atoms with van der Waals surface area (Å²) in [5.74, 6) is -0.660. The summed E-state index contributed by atoms with van der Waals surface area (Å²) in [5.41, 5.74) is 3.58. The fraction of sp³-hybridized carbons (Fsp3) is 0.273. The van der Waals surface area contributed by atoms with Gasteiger partial charge in [-0.2, -0.15) is 0 Å². The lowest BCUT2D eigenvalue weighted by molar-refractivity contribution is -0.126. The fourth-order valence-corrected chi connectivity index (χ4v) is 1.12. The van der Waals surface area contributed by atoms with Crippen molar-refractivity contribution in [3.8, 4) is 0 Å². The minimum absolute atomic E-state index is 0.200. The second-order valence-electron chi connectivity index (χ2n) is 3.21. The maximum Gasteiger partial charge on any atom is 0.275 e. The molecule has 16 heavy (non-hydrogen) atoms. The number of hydrogen-bond donors (Lipinski definition) is 2. The summed E-state index contributed by atoms with van der Waals surface area (Å²) < 4.78 is 0. The Hall–Kier alpha value is -1.88. The van der Waals surface area contributed by atoms with Crippen molar-refractivity contribution in [3.63, 3.8) is 0 Å². The van der Waals surface area contributed by atoms with Crippen LogP contribution in [0.3, 0.4) is 0 Å². The van der Waals surface area contributed by atoms with Crippen molar-refractivity contribution in [3.05, 3.63) is 35.4 Å². The lowest BCUT2D eigenvalue weighted by Gasteiger charge is -2.06. The van der Waals surface area contributed by atoms with E-state index in [2.05, 4.69) is 10.8 Å². The van der Waals surface area contributed by atoms with E-state index in [4.69, 9.17) is 4.84 Å².